The van der Waals surface area contributed by atoms with Crippen LogP contribution in [-0.2, 0) is 10.0 Å². The molecule has 0 fully saturated rings. The highest BCUT2D eigenvalue weighted by Gasteiger charge is 2.16. The van der Waals surface area contributed by atoms with Gasteiger partial charge in [-0.3, -0.25) is 4.72 Å². The molecular weight excluding hydrogens is 298 g/mol. The SMILES string of the molecule is Cc1cc(S(=O)(=O)Nc2cc(F)cc(F)c2)ccc1C#N. The maximum atomic E-state index is 13.1. The highest BCUT2D eigenvalue weighted by atomic mass is 32.2. The van der Waals surface area contributed by atoms with Gasteiger partial charge in [-0.05, 0) is 42.8 Å². The smallest absolute Gasteiger partial charge is 0.261 e. The van der Waals surface area contributed by atoms with Gasteiger partial charge < -0.3 is 0 Å². The van der Waals surface area contributed by atoms with E-state index in [0.717, 1.165) is 12.1 Å². The third kappa shape index (κ3) is 3.35. The lowest BCUT2D eigenvalue weighted by atomic mass is 10.1. The summed E-state index contributed by atoms with van der Waals surface area (Å²) >= 11 is 0. The molecular formula is C14H10F2N2O2S. The Bertz CT molecular complexity index is 822. The number of nitrogens with zero attached hydrogens (tertiary/aromatic N) is 1. The van der Waals surface area contributed by atoms with E-state index in [1.165, 1.54) is 18.2 Å². The number of rotatable bonds is 3. The van der Waals surface area contributed by atoms with Crippen molar-refractivity contribution in [2.24, 2.45) is 0 Å². The molecule has 21 heavy (non-hydrogen) atoms. The number of hydrogen-bond acceptors (Lipinski definition) is 3. The normalized spacial score (nSPS) is 11.0. The molecule has 0 bridgehead atoms. The second kappa shape index (κ2) is 5.50. The van der Waals surface area contributed by atoms with Crippen molar-refractivity contribution < 1.29 is 17.2 Å². The Morgan fingerprint density at radius 1 is 1.10 bits per heavy atom. The zero-order valence-corrected chi connectivity index (χ0v) is 11.7. The van der Waals surface area contributed by atoms with Gasteiger partial charge in [0.25, 0.3) is 10.0 Å². The molecule has 0 unspecified atom stereocenters. The number of hydrogen-bond donors (Lipinski definition) is 1. The largest absolute Gasteiger partial charge is 0.279 e. The Balaban J connectivity index is 2.39. The van der Waals surface area contributed by atoms with Gasteiger partial charge in [-0.2, -0.15) is 5.26 Å². The van der Waals surface area contributed by atoms with E-state index in [2.05, 4.69) is 4.72 Å². The number of nitriles is 1. The van der Waals surface area contributed by atoms with E-state index in [9.17, 15) is 17.2 Å². The first kappa shape index (κ1) is 14.9. The molecule has 7 heteroatoms. The fraction of sp³-hybridized carbons (Fsp3) is 0.0714. The average molecular weight is 308 g/mol. The molecule has 0 saturated carbocycles. The third-order valence-corrected chi connectivity index (χ3v) is 4.12. The Labute approximate surface area is 120 Å². The molecule has 0 radical (unpaired) electrons. The predicted molar refractivity (Wildman–Crippen MR) is 73.1 cm³/mol. The summed E-state index contributed by atoms with van der Waals surface area (Å²) in [5, 5.41) is 8.81. The molecule has 2 aromatic carbocycles. The minimum absolute atomic E-state index is 0.0938. The van der Waals surface area contributed by atoms with E-state index in [1.54, 1.807) is 6.92 Å². The van der Waals surface area contributed by atoms with Crippen molar-refractivity contribution >= 4 is 15.7 Å². The quantitative estimate of drug-likeness (QED) is 0.947. The number of halogens is 2. The Morgan fingerprint density at radius 3 is 2.24 bits per heavy atom. The molecule has 108 valence electrons. The van der Waals surface area contributed by atoms with Crippen molar-refractivity contribution in [1.29, 1.82) is 5.26 Å². The van der Waals surface area contributed by atoms with Gasteiger partial charge in [0.1, 0.15) is 11.6 Å². The van der Waals surface area contributed by atoms with Gasteiger partial charge in [0.15, 0.2) is 0 Å². The summed E-state index contributed by atoms with van der Waals surface area (Å²) in [6.07, 6.45) is 0. The maximum absolute atomic E-state index is 13.1. The number of nitrogens with one attached hydrogen (secondary N) is 1. The van der Waals surface area contributed by atoms with E-state index < -0.39 is 21.7 Å². The molecule has 0 spiro atoms. The first-order valence-electron chi connectivity index (χ1n) is 5.81. The Morgan fingerprint density at radius 2 is 1.71 bits per heavy atom. The van der Waals surface area contributed by atoms with Crippen molar-refractivity contribution in [3.8, 4) is 6.07 Å². The van der Waals surface area contributed by atoms with Gasteiger partial charge in [-0.1, -0.05) is 0 Å². The molecule has 0 aliphatic rings. The molecule has 0 saturated heterocycles. The Hall–Kier alpha value is -2.46. The van der Waals surface area contributed by atoms with Gasteiger partial charge in [0.05, 0.1) is 22.2 Å². The average Bonchev–Trinajstić information content (AvgIpc) is 2.36. The van der Waals surface area contributed by atoms with Crippen LogP contribution in [0.4, 0.5) is 14.5 Å². The summed E-state index contributed by atoms with van der Waals surface area (Å²) in [6, 6.07) is 8.25. The highest BCUT2D eigenvalue weighted by Crippen LogP contribution is 2.20. The van der Waals surface area contributed by atoms with Gasteiger partial charge in [0.2, 0.25) is 0 Å². The van der Waals surface area contributed by atoms with Gasteiger partial charge in [-0.15, -0.1) is 0 Å². The Kier molecular flexibility index (Phi) is 3.91. The van der Waals surface area contributed by atoms with E-state index >= 15 is 0 Å². The van der Waals surface area contributed by atoms with Gasteiger partial charge >= 0.3 is 0 Å². The van der Waals surface area contributed by atoms with Crippen LogP contribution in [0.2, 0.25) is 0 Å². The minimum atomic E-state index is -3.99. The van der Waals surface area contributed by atoms with Crippen LogP contribution >= 0.6 is 0 Å². The summed E-state index contributed by atoms with van der Waals surface area (Å²) in [6.45, 7) is 1.60. The second-order valence-corrected chi connectivity index (χ2v) is 6.03. The first-order chi connectivity index (χ1) is 9.81. The van der Waals surface area contributed by atoms with Crippen LogP contribution in [0.1, 0.15) is 11.1 Å². The van der Waals surface area contributed by atoms with Crippen LogP contribution in [0, 0.1) is 29.9 Å². The van der Waals surface area contributed by atoms with E-state index in [-0.39, 0.29) is 10.6 Å². The fourth-order valence-corrected chi connectivity index (χ4v) is 2.88. The van der Waals surface area contributed by atoms with Gasteiger partial charge in [0, 0.05) is 6.07 Å². The number of aryl methyl sites for hydroxylation is 1. The third-order valence-electron chi connectivity index (χ3n) is 2.74. The summed E-state index contributed by atoms with van der Waals surface area (Å²) in [5.74, 6) is -1.77. The summed E-state index contributed by atoms with van der Waals surface area (Å²) < 4.78 is 52.5. The molecule has 2 aromatic rings. The maximum Gasteiger partial charge on any atom is 0.261 e. The second-order valence-electron chi connectivity index (χ2n) is 4.35. The zero-order valence-electron chi connectivity index (χ0n) is 10.9. The number of benzene rings is 2. The van der Waals surface area contributed by atoms with E-state index in [0.29, 0.717) is 17.2 Å². The molecule has 0 atom stereocenters. The van der Waals surface area contributed by atoms with E-state index in [4.69, 9.17) is 5.26 Å². The zero-order chi connectivity index (χ0) is 15.6. The van der Waals surface area contributed by atoms with Crippen LogP contribution < -0.4 is 4.72 Å². The van der Waals surface area contributed by atoms with Crippen LogP contribution in [0.15, 0.2) is 41.3 Å². The summed E-state index contributed by atoms with van der Waals surface area (Å²) in [4.78, 5) is -0.0938. The van der Waals surface area contributed by atoms with Crippen LogP contribution in [0.5, 0.6) is 0 Å². The van der Waals surface area contributed by atoms with Crippen molar-refractivity contribution in [2.75, 3.05) is 4.72 Å². The number of anilines is 1. The summed E-state index contributed by atoms with van der Waals surface area (Å²) in [7, 11) is -3.99. The minimum Gasteiger partial charge on any atom is -0.279 e. The summed E-state index contributed by atoms with van der Waals surface area (Å²) in [5.41, 5.74) is 0.631. The molecule has 0 amide bonds. The lowest BCUT2D eigenvalue weighted by Crippen LogP contribution is -2.13. The molecule has 0 aliphatic carbocycles. The van der Waals surface area contributed by atoms with Crippen LogP contribution in [0.25, 0.3) is 0 Å². The molecule has 1 N–H and O–H groups in total. The van der Waals surface area contributed by atoms with Crippen molar-refractivity contribution in [3.05, 3.63) is 59.2 Å². The first-order valence-corrected chi connectivity index (χ1v) is 7.30. The molecule has 4 nitrogen and oxygen atoms in total. The molecule has 0 heterocycles. The monoisotopic (exact) mass is 308 g/mol. The highest BCUT2D eigenvalue weighted by molar-refractivity contribution is 7.92. The topological polar surface area (TPSA) is 70.0 Å². The standard InChI is InChI=1S/C14H10F2N2O2S/c1-9-4-14(3-2-10(9)8-17)21(19,20)18-13-6-11(15)5-12(16)7-13/h2-7,18H,1H3. The van der Waals surface area contributed by atoms with Crippen molar-refractivity contribution in [3.63, 3.8) is 0 Å². The van der Waals surface area contributed by atoms with E-state index in [1.807, 2.05) is 6.07 Å². The van der Waals surface area contributed by atoms with Crippen molar-refractivity contribution in [1.82, 2.24) is 0 Å². The van der Waals surface area contributed by atoms with Crippen LogP contribution in [-0.4, -0.2) is 8.42 Å². The van der Waals surface area contributed by atoms with Crippen LogP contribution in [0.3, 0.4) is 0 Å². The number of sulfonamides is 1. The predicted octanol–water partition coefficient (Wildman–Crippen LogP) is 2.95. The molecule has 2 rings (SSSR count). The lowest BCUT2D eigenvalue weighted by Gasteiger charge is -2.09. The van der Waals surface area contributed by atoms with Crippen molar-refractivity contribution in [2.45, 2.75) is 11.8 Å². The molecule has 0 aliphatic heterocycles. The fourth-order valence-electron chi connectivity index (χ4n) is 1.76. The lowest BCUT2D eigenvalue weighted by molar-refractivity contribution is 0.584. The molecule has 0 aromatic heterocycles. The van der Waals surface area contributed by atoms with Gasteiger partial charge in [-0.25, -0.2) is 17.2 Å².